The SMILES string of the molecule is Cc1ccc(C(=O)NC(NC2CCC(C)CC2)C(Cl)(Cl)Cl)cc1. The molecular formula is C17H23Cl3N2O. The number of halogens is 3. The maximum absolute atomic E-state index is 12.4. The van der Waals surface area contributed by atoms with Crippen LogP contribution in [0.3, 0.4) is 0 Å². The second-order valence-corrected chi connectivity index (χ2v) is 8.81. The fourth-order valence-electron chi connectivity index (χ4n) is 2.80. The molecule has 0 aromatic heterocycles. The first-order chi connectivity index (χ1) is 10.8. The second kappa shape index (κ2) is 8.06. The van der Waals surface area contributed by atoms with Crippen molar-refractivity contribution >= 4 is 40.7 Å². The van der Waals surface area contributed by atoms with Crippen molar-refractivity contribution in [3.8, 4) is 0 Å². The van der Waals surface area contributed by atoms with Gasteiger partial charge in [0.25, 0.3) is 5.91 Å². The van der Waals surface area contributed by atoms with Gasteiger partial charge in [0.05, 0.1) is 0 Å². The molecule has 1 unspecified atom stereocenters. The minimum Gasteiger partial charge on any atom is -0.333 e. The van der Waals surface area contributed by atoms with E-state index >= 15 is 0 Å². The summed E-state index contributed by atoms with van der Waals surface area (Å²) in [6, 6.07) is 7.56. The molecule has 128 valence electrons. The lowest BCUT2D eigenvalue weighted by molar-refractivity contribution is 0.0923. The topological polar surface area (TPSA) is 41.1 Å². The Labute approximate surface area is 153 Å². The van der Waals surface area contributed by atoms with Crippen LogP contribution >= 0.6 is 34.8 Å². The van der Waals surface area contributed by atoms with E-state index in [1.54, 1.807) is 12.1 Å². The van der Waals surface area contributed by atoms with Gasteiger partial charge in [-0.15, -0.1) is 0 Å². The predicted molar refractivity (Wildman–Crippen MR) is 97.3 cm³/mol. The van der Waals surface area contributed by atoms with Gasteiger partial charge >= 0.3 is 0 Å². The molecule has 1 aliphatic carbocycles. The van der Waals surface area contributed by atoms with Crippen molar-refractivity contribution in [2.24, 2.45) is 5.92 Å². The van der Waals surface area contributed by atoms with Gasteiger partial charge in [0.15, 0.2) is 0 Å². The molecule has 1 aliphatic rings. The zero-order chi connectivity index (χ0) is 17.0. The van der Waals surface area contributed by atoms with Crippen LogP contribution in [-0.2, 0) is 0 Å². The number of nitrogens with one attached hydrogen (secondary N) is 2. The highest BCUT2D eigenvalue weighted by Crippen LogP contribution is 2.31. The van der Waals surface area contributed by atoms with Crippen LogP contribution in [-0.4, -0.2) is 21.9 Å². The van der Waals surface area contributed by atoms with Gasteiger partial charge in [-0.3, -0.25) is 10.1 Å². The molecule has 1 aromatic rings. The molecule has 0 heterocycles. The Bertz CT molecular complexity index is 520. The average molecular weight is 378 g/mol. The van der Waals surface area contributed by atoms with E-state index in [1.165, 1.54) is 0 Å². The first kappa shape index (κ1) is 18.9. The first-order valence-corrected chi connectivity index (χ1v) is 9.09. The van der Waals surface area contributed by atoms with Crippen molar-refractivity contribution in [1.29, 1.82) is 0 Å². The Morgan fingerprint density at radius 2 is 1.70 bits per heavy atom. The van der Waals surface area contributed by atoms with E-state index in [4.69, 9.17) is 34.8 Å². The zero-order valence-electron chi connectivity index (χ0n) is 13.4. The number of amides is 1. The number of aryl methyl sites for hydroxylation is 1. The number of carbonyl (C=O) groups is 1. The fraction of sp³-hybridized carbons (Fsp3) is 0.588. The molecule has 1 fully saturated rings. The van der Waals surface area contributed by atoms with Gasteiger partial charge < -0.3 is 5.32 Å². The largest absolute Gasteiger partial charge is 0.333 e. The van der Waals surface area contributed by atoms with Crippen LogP contribution in [0.15, 0.2) is 24.3 Å². The van der Waals surface area contributed by atoms with Crippen molar-refractivity contribution in [2.45, 2.75) is 55.5 Å². The molecule has 1 atom stereocenters. The maximum Gasteiger partial charge on any atom is 0.252 e. The lowest BCUT2D eigenvalue weighted by Crippen LogP contribution is -2.56. The maximum atomic E-state index is 12.4. The summed E-state index contributed by atoms with van der Waals surface area (Å²) >= 11 is 18.2. The average Bonchev–Trinajstić information content (AvgIpc) is 2.48. The van der Waals surface area contributed by atoms with Crippen molar-refractivity contribution < 1.29 is 4.79 Å². The Morgan fingerprint density at radius 1 is 1.13 bits per heavy atom. The highest BCUT2D eigenvalue weighted by molar-refractivity contribution is 6.68. The molecule has 6 heteroatoms. The minimum absolute atomic E-state index is 0.252. The normalized spacial score (nSPS) is 23.3. The molecule has 23 heavy (non-hydrogen) atoms. The van der Waals surface area contributed by atoms with E-state index in [2.05, 4.69) is 17.6 Å². The van der Waals surface area contributed by atoms with Crippen LogP contribution in [0, 0.1) is 12.8 Å². The third-order valence-electron chi connectivity index (χ3n) is 4.33. The van der Waals surface area contributed by atoms with Crippen molar-refractivity contribution in [2.75, 3.05) is 0 Å². The number of alkyl halides is 3. The van der Waals surface area contributed by atoms with E-state index < -0.39 is 9.96 Å². The molecule has 2 N–H and O–H groups in total. The Kier molecular flexibility index (Phi) is 6.61. The molecule has 0 radical (unpaired) electrons. The highest BCUT2D eigenvalue weighted by Gasteiger charge is 2.36. The van der Waals surface area contributed by atoms with Crippen LogP contribution < -0.4 is 10.6 Å². The minimum atomic E-state index is -1.61. The highest BCUT2D eigenvalue weighted by atomic mass is 35.6. The van der Waals surface area contributed by atoms with Gasteiger partial charge in [0.1, 0.15) is 6.17 Å². The van der Waals surface area contributed by atoms with Crippen LogP contribution in [0.5, 0.6) is 0 Å². The predicted octanol–water partition coefficient (Wildman–Crippen LogP) is 4.59. The molecule has 0 spiro atoms. The molecule has 1 amide bonds. The van der Waals surface area contributed by atoms with E-state index in [-0.39, 0.29) is 11.9 Å². The monoisotopic (exact) mass is 376 g/mol. The summed E-state index contributed by atoms with van der Waals surface area (Å²) in [5.74, 6) is 0.486. The third kappa shape index (κ3) is 5.82. The summed E-state index contributed by atoms with van der Waals surface area (Å²) in [6.07, 6.45) is 3.63. The van der Waals surface area contributed by atoms with Gasteiger partial charge in [-0.2, -0.15) is 0 Å². The fourth-order valence-corrected chi connectivity index (χ4v) is 3.15. The molecule has 0 saturated heterocycles. The van der Waals surface area contributed by atoms with Gasteiger partial charge in [-0.25, -0.2) is 0 Å². The third-order valence-corrected chi connectivity index (χ3v) is 4.99. The van der Waals surface area contributed by atoms with Gasteiger partial charge in [0, 0.05) is 11.6 Å². The lowest BCUT2D eigenvalue weighted by atomic mass is 9.87. The number of carbonyl (C=O) groups excluding carboxylic acids is 1. The summed E-state index contributed by atoms with van der Waals surface area (Å²) in [5, 5.41) is 6.11. The Balaban J connectivity index is 2.01. The second-order valence-electron chi connectivity index (χ2n) is 6.44. The van der Waals surface area contributed by atoms with E-state index in [9.17, 15) is 4.79 Å². The van der Waals surface area contributed by atoms with Gasteiger partial charge in [-0.1, -0.05) is 59.4 Å². The van der Waals surface area contributed by atoms with Crippen molar-refractivity contribution in [1.82, 2.24) is 10.6 Å². The molecule has 0 bridgehead atoms. The van der Waals surface area contributed by atoms with Gasteiger partial charge in [0.2, 0.25) is 3.79 Å². The first-order valence-electron chi connectivity index (χ1n) is 7.96. The summed E-state index contributed by atoms with van der Waals surface area (Å²) in [5.41, 5.74) is 1.64. The van der Waals surface area contributed by atoms with Gasteiger partial charge in [-0.05, 0) is 50.7 Å². The summed E-state index contributed by atoms with van der Waals surface area (Å²) < 4.78 is -1.61. The molecular weight excluding hydrogens is 355 g/mol. The quantitative estimate of drug-likeness (QED) is 0.595. The number of rotatable bonds is 4. The molecule has 1 saturated carbocycles. The molecule has 2 rings (SSSR count). The number of hydrogen-bond donors (Lipinski definition) is 2. The summed E-state index contributed by atoms with van der Waals surface area (Å²) in [6.45, 7) is 4.22. The van der Waals surface area contributed by atoms with Crippen LogP contribution in [0.4, 0.5) is 0 Å². The Morgan fingerprint density at radius 3 is 2.22 bits per heavy atom. The summed E-state index contributed by atoms with van der Waals surface area (Å²) in [7, 11) is 0. The standard InChI is InChI=1S/C17H23Cl3N2O/c1-11-3-7-13(8-4-11)15(23)22-16(17(18,19)20)21-14-9-5-12(2)6-10-14/h3-4,7-8,12,14,16,21H,5-6,9-10H2,1-2H3,(H,22,23). The number of benzene rings is 1. The van der Waals surface area contributed by atoms with E-state index in [0.29, 0.717) is 5.56 Å². The van der Waals surface area contributed by atoms with Crippen LogP contribution in [0.2, 0.25) is 0 Å². The zero-order valence-corrected chi connectivity index (χ0v) is 15.7. The smallest absolute Gasteiger partial charge is 0.252 e. The van der Waals surface area contributed by atoms with E-state index in [0.717, 1.165) is 37.2 Å². The number of hydrogen-bond acceptors (Lipinski definition) is 2. The van der Waals surface area contributed by atoms with Crippen LogP contribution in [0.1, 0.15) is 48.5 Å². The van der Waals surface area contributed by atoms with E-state index in [1.807, 2.05) is 19.1 Å². The Hall–Kier alpha value is -0.480. The van der Waals surface area contributed by atoms with Crippen molar-refractivity contribution in [3.63, 3.8) is 0 Å². The molecule has 1 aromatic carbocycles. The van der Waals surface area contributed by atoms with Crippen molar-refractivity contribution in [3.05, 3.63) is 35.4 Å². The molecule has 0 aliphatic heterocycles. The van der Waals surface area contributed by atoms with Crippen LogP contribution in [0.25, 0.3) is 0 Å². The molecule has 3 nitrogen and oxygen atoms in total. The lowest BCUT2D eigenvalue weighted by Gasteiger charge is -2.34. The summed E-state index contributed by atoms with van der Waals surface area (Å²) in [4.78, 5) is 12.4.